The van der Waals surface area contributed by atoms with Crippen LogP contribution < -0.4 is 10.6 Å². The molecule has 1 aliphatic rings. The van der Waals surface area contributed by atoms with Crippen LogP contribution in [0.4, 0.5) is 14.7 Å². The monoisotopic (exact) mass is 454 g/mol. The lowest BCUT2D eigenvalue weighted by atomic mass is 10.1. The quantitative estimate of drug-likeness (QED) is 0.444. The van der Waals surface area contributed by atoms with Crippen molar-refractivity contribution in [3.63, 3.8) is 0 Å². The molecular weight excluding hydrogens is 434 g/mol. The third-order valence-electron chi connectivity index (χ3n) is 5.64. The van der Waals surface area contributed by atoms with Crippen LogP contribution in [-0.2, 0) is 13.1 Å². The van der Waals surface area contributed by atoms with E-state index in [1.807, 2.05) is 24.3 Å². The standard InChI is InChI=1S/C23H21ClF2N6/c24-17-4-2-1-3-16(17)21-30-20-12-29-23(28-11-14-5-6-18(25)19(26)9-14)31-22(20)32(21)13-15-7-8-27-10-15/h1-6,9,12,15,27H,7-8,10-11,13H2,(H,28,29,31). The number of halogens is 3. The molecule has 1 fully saturated rings. The summed E-state index contributed by atoms with van der Waals surface area (Å²) < 4.78 is 28.8. The maximum atomic E-state index is 13.5. The zero-order chi connectivity index (χ0) is 22.1. The van der Waals surface area contributed by atoms with E-state index in [4.69, 9.17) is 21.6 Å². The van der Waals surface area contributed by atoms with Crippen molar-refractivity contribution in [3.8, 4) is 11.4 Å². The molecule has 1 atom stereocenters. The van der Waals surface area contributed by atoms with E-state index in [9.17, 15) is 8.78 Å². The van der Waals surface area contributed by atoms with Crippen molar-refractivity contribution in [3.05, 3.63) is 70.9 Å². The highest BCUT2D eigenvalue weighted by molar-refractivity contribution is 6.33. The van der Waals surface area contributed by atoms with E-state index in [1.54, 1.807) is 6.20 Å². The van der Waals surface area contributed by atoms with Gasteiger partial charge in [-0.25, -0.2) is 18.7 Å². The molecule has 0 amide bonds. The zero-order valence-electron chi connectivity index (χ0n) is 17.2. The average Bonchev–Trinajstić information content (AvgIpc) is 3.43. The van der Waals surface area contributed by atoms with Crippen molar-refractivity contribution < 1.29 is 8.78 Å². The largest absolute Gasteiger partial charge is 0.350 e. The van der Waals surface area contributed by atoms with Crippen LogP contribution in [0, 0.1) is 17.6 Å². The van der Waals surface area contributed by atoms with Gasteiger partial charge < -0.3 is 15.2 Å². The molecule has 4 aromatic rings. The number of hydrogen-bond donors (Lipinski definition) is 2. The van der Waals surface area contributed by atoms with Gasteiger partial charge in [0, 0.05) is 18.7 Å². The Bertz CT molecular complexity index is 1270. The van der Waals surface area contributed by atoms with Crippen molar-refractivity contribution in [2.45, 2.75) is 19.5 Å². The minimum absolute atomic E-state index is 0.265. The fraction of sp³-hybridized carbons (Fsp3) is 0.261. The Kier molecular flexibility index (Phi) is 5.71. The number of imidazole rings is 1. The maximum absolute atomic E-state index is 13.5. The van der Waals surface area contributed by atoms with Crippen molar-refractivity contribution in [1.82, 2.24) is 24.8 Å². The Morgan fingerprint density at radius 2 is 2.00 bits per heavy atom. The first-order valence-electron chi connectivity index (χ1n) is 10.4. The van der Waals surface area contributed by atoms with Gasteiger partial charge in [0.25, 0.3) is 0 Å². The van der Waals surface area contributed by atoms with Crippen LogP contribution in [0.2, 0.25) is 5.02 Å². The molecule has 1 unspecified atom stereocenters. The Morgan fingerprint density at radius 1 is 1.12 bits per heavy atom. The summed E-state index contributed by atoms with van der Waals surface area (Å²) in [5, 5.41) is 7.11. The molecule has 164 valence electrons. The summed E-state index contributed by atoms with van der Waals surface area (Å²) in [6.45, 7) is 2.95. The SMILES string of the molecule is Fc1ccc(CNc2ncc3nc(-c4ccccc4Cl)n(CC4CCNC4)c3n2)cc1F. The van der Waals surface area contributed by atoms with Crippen LogP contribution in [0.25, 0.3) is 22.6 Å². The van der Waals surface area contributed by atoms with E-state index >= 15 is 0 Å². The second-order valence-electron chi connectivity index (χ2n) is 7.89. The minimum atomic E-state index is -0.881. The second kappa shape index (κ2) is 8.80. The van der Waals surface area contributed by atoms with Crippen LogP contribution in [0.1, 0.15) is 12.0 Å². The number of nitrogens with one attached hydrogen (secondary N) is 2. The molecule has 6 nitrogen and oxygen atoms in total. The highest BCUT2D eigenvalue weighted by Crippen LogP contribution is 2.31. The number of nitrogens with zero attached hydrogens (tertiary/aromatic N) is 4. The normalized spacial score (nSPS) is 16.0. The molecule has 1 aliphatic heterocycles. The second-order valence-corrected chi connectivity index (χ2v) is 8.30. The predicted octanol–water partition coefficient (Wildman–Crippen LogP) is 4.65. The Labute approximate surface area is 188 Å². The van der Waals surface area contributed by atoms with Crippen LogP contribution in [-0.4, -0.2) is 32.6 Å². The first-order chi connectivity index (χ1) is 15.6. The van der Waals surface area contributed by atoms with Crippen molar-refractivity contribution in [2.24, 2.45) is 5.92 Å². The Balaban J connectivity index is 1.50. The minimum Gasteiger partial charge on any atom is -0.350 e. The van der Waals surface area contributed by atoms with E-state index in [-0.39, 0.29) is 6.54 Å². The van der Waals surface area contributed by atoms with Gasteiger partial charge >= 0.3 is 0 Å². The van der Waals surface area contributed by atoms with Crippen LogP contribution in [0.3, 0.4) is 0 Å². The summed E-state index contributed by atoms with van der Waals surface area (Å²) in [6, 6.07) is 11.4. The van der Waals surface area contributed by atoms with Gasteiger partial charge in [0.1, 0.15) is 11.3 Å². The van der Waals surface area contributed by atoms with Gasteiger partial charge in [-0.3, -0.25) is 0 Å². The third kappa shape index (κ3) is 4.16. The molecule has 2 aromatic carbocycles. The topological polar surface area (TPSA) is 67.7 Å². The Morgan fingerprint density at radius 3 is 2.78 bits per heavy atom. The number of benzene rings is 2. The van der Waals surface area contributed by atoms with Gasteiger partial charge in [0.05, 0.1) is 11.2 Å². The zero-order valence-corrected chi connectivity index (χ0v) is 17.9. The summed E-state index contributed by atoms with van der Waals surface area (Å²) in [7, 11) is 0. The van der Waals surface area contributed by atoms with E-state index in [0.717, 1.165) is 49.6 Å². The van der Waals surface area contributed by atoms with E-state index < -0.39 is 11.6 Å². The molecule has 0 spiro atoms. The molecule has 2 N–H and O–H groups in total. The molecular formula is C23H21ClF2N6. The lowest BCUT2D eigenvalue weighted by Crippen LogP contribution is -2.16. The summed E-state index contributed by atoms with van der Waals surface area (Å²) in [6.07, 6.45) is 2.74. The predicted molar refractivity (Wildman–Crippen MR) is 120 cm³/mol. The van der Waals surface area contributed by atoms with Crippen molar-refractivity contribution >= 4 is 28.7 Å². The first-order valence-corrected chi connectivity index (χ1v) is 10.8. The van der Waals surface area contributed by atoms with Gasteiger partial charge in [0.2, 0.25) is 5.95 Å². The highest BCUT2D eigenvalue weighted by Gasteiger charge is 2.22. The summed E-state index contributed by atoms with van der Waals surface area (Å²) in [4.78, 5) is 13.8. The van der Waals surface area contributed by atoms with Gasteiger partial charge in [0.15, 0.2) is 17.3 Å². The summed E-state index contributed by atoms with van der Waals surface area (Å²) >= 11 is 6.48. The molecule has 2 aromatic heterocycles. The Hall–Kier alpha value is -3.10. The molecule has 32 heavy (non-hydrogen) atoms. The first kappa shape index (κ1) is 20.8. The van der Waals surface area contributed by atoms with Gasteiger partial charge in [-0.05, 0) is 55.3 Å². The molecule has 5 rings (SSSR count). The van der Waals surface area contributed by atoms with E-state index in [2.05, 4.69) is 20.2 Å². The molecule has 1 saturated heterocycles. The third-order valence-corrected chi connectivity index (χ3v) is 5.97. The summed E-state index contributed by atoms with van der Waals surface area (Å²) in [5.74, 6) is -0.150. The van der Waals surface area contributed by atoms with Crippen LogP contribution in [0.15, 0.2) is 48.7 Å². The van der Waals surface area contributed by atoms with Gasteiger partial charge in [-0.1, -0.05) is 29.8 Å². The molecule has 0 saturated carbocycles. The van der Waals surface area contributed by atoms with Crippen LogP contribution >= 0.6 is 11.6 Å². The van der Waals surface area contributed by atoms with Crippen molar-refractivity contribution in [1.29, 1.82) is 0 Å². The molecule has 0 bridgehead atoms. The number of anilines is 1. The van der Waals surface area contributed by atoms with Crippen LogP contribution in [0.5, 0.6) is 0 Å². The maximum Gasteiger partial charge on any atom is 0.225 e. The molecule has 0 aliphatic carbocycles. The van der Waals surface area contributed by atoms with E-state index in [0.29, 0.717) is 33.6 Å². The number of fused-ring (bicyclic) bond motifs is 1. The smallest absolute Gasteiger partial charge is 0.225 e. The number of hydrogen-bond acceptors (Lipinski definition) is 5. The van der Waals surface area contributed by atoms with E-state index in [1.165, 1.54) is 6.07 Å². The fourth-order valence-corrected chi connectivity index (χ4v) is 4.20. The molecule has 0 radical (unpaired) electrons. The van der Waals surface area contributed by atoms with Crippen molar-refractivity contribution in [2.75, 3.05) is 18.4 Å². The van der Waals surface area contributed by atoms with Gasteiger partial charge in [-0.2, -0.15) is 4.98 Å². The lowest BCUT2D eigenvalue weighted by molar-refractivity contribution is 0.490. The fourth-order valence-electron chi connectivity index (χ4n) is 3.98. The number of aromatic nitrogens is 4. The average molecular weight is 455 g/mol. The molecule has 3 heterocycles. The number of rotatable bonds is 6. The molecule has 9 heteroatoms. The summed E-state index contributed by atoms with van der Waals surface area (Å²) in [5.41, 5.74) is 2.81. The van der Waals surface area contributed by atoms with Gasteiger partial charge in [-0.15, -0.1) is 0 Å². The lowest BCUT2D eigenvalue weighted by Gasteiger charge is -2.14. The highest BCUT2D eigenvalue weighted by atomic mass is 35.5.